The summed E-state index contributed by atoms with van der Waals surface area (Å²) in [5, 5.41) is 0. The Kier molecular flexibility index (Phi) is 4.94. The molecule has 3 aliphatic rings. The number of aromatic amines is 1. The van der Waals surface area contributed by atoms with Crippen molar-refractivity contribution in [1.29, 1.82) is 0 Å². The van der Waals surface area contributed by atoms with Crippen molar-refractivity contribution in [3.05, 3.63) is 41.9 Å². The summed E-state index contributed by atoms with van der Waals surface area (Å²) in [6.07, 6.45) is 9.59. The summed E-state index contributed by atoms with van der Waals surface area (Å²) in [4.78, 5) is 23.8. The highest BCUT2D eigenvalue weighted by molar-refractivity contribution is 5.80. The van der Waals surface area contributed by atoms with Gasteiger partial charge in [0.2, 0.25) is 5.91 Å². The van der Waals surface area contributed by atoms with Gasteiger partial charge in [0.1, 0.15) is 5.82 Å². The molecule has 3 atom stereocenters. The van der Waals surface area contributed by atoms with Crippen LogP contribution in [0.15, 0.2) is 30.5 Å². The van der Waals surface area contributed by atoms with Crippen LogP contribution in [0, 0.1) is 24.7 Å². The van der Waals surface area contributed by atoms with E-state index in [4.69, 9.17) is 5.73 Å². The van der Waals surface area contributed by atoms with E-state index in [2.05, 4.69) is 46.1 Å². The fourth-order valence-corrected chi connectivity index (χ4v) is 6.01. The van der Waals surface area contributed by atoms with Crippen LogP contribution >= 0.6 is 0 Å². The van der Waals surface area contributed by atoms with Crippen molar-refractivity contribution in [1.82, 2.24) is 14.9 Å². The van der Waals surface area contributed by atoms with Gasteiger partial charge in [-0.3, -0.25) is 4.79 Å². The largest absolute Gasteiger partial charge is 0.340 e. The Morgan fingerprint density at radius 1 is 1.17 bits per heavy atom. The number of hydrogen-bond donors (Lipinski definition) is 2. The molecule has 3 fully saturated rings. The van der Waals surface area contributed by atoms with Gasteiger partial charge in [-0.25, -0.2) is 4.98 Å². The molecule has 1 aromatic heterocycles. The SMILES string of the molecule is Cc1cccc(-c2cnc(C3CCCN3C(=O)C3CC4CCCC(C3)C4N)[nH]2)c1. The third-order valence-electron chi connectivity index (χ3n) is 7.54. The summed E-state index contributed by atoms with van der Waals surface area (Å²) in [6.45, 7) is 2.95. The second kappa shape index (κ2) is 7.60. The molecule has 154 valence electrons. The quantitative estimate of drug-likeness (QED) is 0.822. The molecule has 2 heterocycles. The molecule has 5 heteroatoms. The molecule has 1 aromatic carbocycles. The molecular weight excluding hydrogens is 360 g/mol. The molecule has 29 heavy (non-hydrogen) atoms. The molecule has 3 unspecified atom stereocenters. The number of rotatable bonds is 3. The van der Waals surface area contributed by atoms with Crippen LogP contribution in [0.3, 0.4) is 0 Å². The van der Waals surface area contributed by atoms with Crippen LogP contribution < -0.4 is 5.73 Å². The van der Waals surface area contributed by atoms with E-state index in [0.29, 0.717) is 23.8 Å². The van der Waals surface area contributed by atoms with Crippen molar-refractivity contribution in [3.63, 3.8) is 0 Å². The van der Waals surface area contributed by atoms with Crippen LogP contribution in [0.5, 0.6) is 0 Å². The van der Waals surface area contributed by atoms with Crippen molar-refractivity contribution in [2.75, 3.05) is 6.54 Å². The van der Waals surface area contributed by atoms with Gasteiger partial charge in [-0.2, -0.15) is 0 Å². The highest BCUT2D eigenvalue weighted by Crippen LogP contribution is 2.44. The van der Waals surface area contributed by atoms with Crippen molar-refractivity contribution in [3.8, 4) is 11.3 Å². The maximum absolute atomic E-state index is 13.5. The molecule has 0 radical (unpaired) electrons. The van der Waals surface area contributed by atoms with Gasteiger partial charge in [0, 0.05) is 18.5 Å². The molecule has 3 N–H and O–H groups in total. The van der Waals surface area contributed by atoms with Crippen LogP contribution in [0.4, 0.5) is 0 Å². The summed E-state index contributed by atoms with van der Waals surface area (Å²) < 4.78 is 0. The van der Waals surface area contributed by atoms with E-state index in [1.54, 1.807) is 0 Å². The Balaban J connectivity index is 1.33. The lowest BCUT2D eigenvalue weighted by atomic mass is 9.65. The fourth-order valence-electron chi connectivity index (χ4n) is 6.01. The van der Waals surface area contributed by atoms with Gasteiger partial charge in [-0.05, 0) is 68.9 Å². The van der Waals surface area contributed by atoms with Gasteiger partial charge in [-0.15, -0.1) is 0 Å². The second-order valence-electron chi connectivity index (χ2n) is 9.44. The predicted molar refractivity (Wildman–Crippen MR) is 114 cm³/mol. The van der Waals surface area contributed by atoms with Gasteiger partial charge in [-0.1, -0.05) is 30.2 Å². The number of carbonyl (C=O) groups excluding carboxylic acids is 1. The molecule has 5 rings (SSSR count). The molecule has 0 spiro atoms. The fraction of sp³-hybridized carbons (Fsp3) is 0.583. The smallest absolute Gasteiger partial charge is 0.226 e. The zero-order valence-corrected chi connectivity index (χ0v) is 17.3. The van der Waals surface area contributed by atoms with Crippen LogP contribution in [0.2, 0.25) is 0 Å². The van der Waals surface area contributed by atoms with E-state index < -0.39 is 0 Å². The standard InChI is InChI=1S/C24H32N4O/c1-15-5-2-6-16(11-15)20-14-26-23(27-20)21-9-4-10-28(21)24(29)19-12-17-7-3-8-18(13-19)22(17)25/h2,5-6,11,14,17-19,21-22H,3-4,7-10,12-13,25H2,1H3,(H,26,27). The highest BCUT2D eigenvalue weighted by atomic mass is 16.2. The monoisotopic (exact) mass is 392 g/mol. The zero-order valence-electron chi connectivity index (χ0n) is 17.3. The molecule has 2 aromatic rings. The molecule has 1 saturated heterocycles. The zero-order chi connectivity index (χ0) is 20.0. The number of amides is 1. The Hall–Kier alpha value is -2.14. The molecule has 2 saturated carbocycles. The second-order valence-corrected chi connectivity index (χ2v) is 9.44. The third kappa shape index (κ3) is 3.50. The van der Waals surface area contributed by atoms with E-state index in [-0.39, 0.29) is 12.0 Å². The Morgan fingerprint density at radius 2 is 1.97 bits per heavy atom. The van der Waals surface area contributed by atoms with Gasteiger partial charge in [0.15, 0.2) is 0 Å². The Morgan fingerprint density at radius 3 is 2.72 bits per heavy atom. The number of imidazole rings is 1. The number of hydrogen-bond acceptors (Lipinski definition) is 3. The summed E-state index contributed by atoms with van der Waals surface area (Å²) in [7, 11) is 0. The number of fused-ring (bicyclic) bond motifs is 2. The lowest BCUT2D eigenvalue weighted by molar-refractivity contribution is -0.139. The molecule has 1 aliphatic heterocycles. The summed E-state index contributed by atoms with van der Waals surface area (Å²) in [5.74, 6) is 2.49. The first-order valence-corrected chi connectivity index (χ1v) is 11.3. The Bertz CT molecular complexity index is 877. The van der Waals surface area contributed by atoms with E-state index in [0.717, 1.165) is 49.3 Å². The molecular formula is C24H32N4O. The maximum Gasteiger partial charge on any atom is 0.226 e. The molecule has 2 aliphatic carbocycles. The number of aromatic nitrogens is 2. The van der Waals surface area contributed by atoms with Crippen molar-refractivity contribution in [2.45, 2.75) is 64.0 Å². The summed E-state index contributed by atoms with van der Waals surface area (Å²) in [6, 6.07) is 8.83. The van der Waals surface area contributed by atoms with E-state index in [1.807, 2.05) is 6.20 Å². The number of nitrogens with one attached hydrogen (secondary N) is 1. The van der Waals surface area contributed by atoms with Crippen LogP contribution in [-0.4, -0.2) is 33.4 Å². The number of benzene rings is 1. The number of aryl methyl sites for hydroxylation is 1. The number of nitrogens with two attached hydrogens (primary N) is 1. The minimum atomic E-state index is 0.0801. The summed E-state index contributed by atoms with van der Waals surface area (Å²) in [5.41, 5.74) is 9.86. The van der Waals surface area contributed by atoms with Gasteiger partial charge >= 0.3 is 0 Å². The van der Waals surface area contributed by atoms with Crippen molar-refractivity contribution in [2.24, 2.45) is 23.5 Å². The first kappa shape index (κ1) is 18.9. The van der Waals surface area contributed by atoms with E-state index >= 15 is 0 Å². The number of H-pyrrole nitrogens is 1. The van der Waals surface area contributed by atoms with Crippen LogP contribution in [0.25, 0.3) is 11.3 Å². The van der Waals surface area contributed by atoms with E-state index in [9.17, 15) is 4.79 Å². The number of nitrogens with zero attached hydrogens (tertiary/aromatic N) is 2. The van der Waals surface area contributed by atoms with E-state index in [1.165, 1.54) is 24.8 Å². The molecule has 5 nitrogen and oxygen atoms in total. The lowest BCUT2D eigenvalue weighted by Gasteiger charge is -2.44. The van der Waals surface area contributed by atoms with Gasteiger partial charge in [0.25, 0.3) is 0 Å². The first-order chi connectivity index (χ1) is 14.1. The average molecular weight is 393 g/mol. The number of carbonyl (C=O) groups is 1. The normalized spacial score (nSPS) is 31.8. The number of likely N-dealkylation sites (tertiary alicyclic amines) is 1. The van der Waals surface area contributed by atoms with Gasteiger partial charge < -0.3 is 15.6 Å². The van der Waals surface area contributed by atoms with Gasteiger partial charge in [0.05, 0.1) is 17.9 Å². The highest BCUT2D eigenvalue weighted by Gasteiger charge is 2.43. The molecule has 2 bridgehead atoms. The maximum atomic E-state index is 13.5. The lowest BCUT2D eigenvalue weighted by Crippen LogP contribution is -2.49. The average Bonchev–Trinajstić information content (AvgIpc) is 3.37. The third-order valence-corrected chi connectivity index (χ3v) is 7.54. The van der Waals surface area contributed by atoms with Crippen LogP contribution in [-0.2, 0) is 4.79 Å². The van der Waals surface area contributed by atoms with Crippen molar-refractivity contribution >= 4 is 5.91 Å². The van der Waals surface area contributed by atoms with Crippen LogP contribution in [0.1, 0.15) is 62.4 Å². The predicted octanol–water partition coefficient (Wildman–Crippen LogP) is 4.20. The first-order valence-electron chi connectivity index (χ1n) is 11.3. The Labute approximate surface area is 173 Å². The summed E-state index contributed by atoms with van der Waals surface area (Å²) >= 11 is 0. The van der Waals surface area contributed by atoms with Crippen molar-refractivity contribution < 1.29 is 4.79 Å². The molecule has 1 amide bonds. The minimum Gasteiger partial charge on any atom is -0.340 e. The minimum absolute atomic E-state index is 0.0801. The topological polar surface area (TPSA) is 75.0 Å².